The topological polar surface area (TPSA) is 65.4 Å². The Kier molecular flexibility index (Phi) is 7.41. The van der Waals surface area contributed by atoms with Gasteiger partial charge in [-0.25, -0.2) is 4.79 Å². The van der Waals surface area contributed by atoms with Crippen molar-refractivity contribution in [2.45, 2.75) is 24.7 Å². The summed E-state index contributed by atoms with van der Waals surface area (Å²) in [6.07, 6.45) is 2.12. The zero-order valence-electron chi connectivity index (χ0n) is 14.3. The first-order chi connectivity index (χ1) is 11.6. The monoisotopic (exact) mass is 347 g/mol. The molecule has 0 unspecified atom stereocenters. The number of carbonyl (C=O) groups excluding carboxylic acids is 1. The van der Waals surface area contributed by atoms with Gasteiger partial charge in [-0.1, -0.05) is 12.1 Å². The molecule has 1 aromatic rings. The van der Waals surface area contributed by atoms with Gasteiger partial charge in [0, 0.05) is 36.8 Å². The Hall–Kier alpha value is -1.71. The van der Waals surface area contributed by atoms with Crippen molar-refractivity contribution in [3.05, 3.63) is 24.3 Å². The average molecular weight is 347 g/mol. The van der Waals surface area contributed by atoms with E-state index < -0.39 is 0 Å². The molecule has 0 bridgehead atoms. The molecule has 0 aromatic heterocycles. The summed E-state index contributed by atoms with van der Waals surface area (Å²) in [7, 11) is 1.70. The highest BCUT2D eigenvalue weighted by Crippen LogP contribution is 2.29. The van der Waals surface area contributed by atoms with E-state index in [0.29, 0.717) is 18.3 Å². The SMILES string of the molecule is COC[C@@H]1CCCN(C(=O)Nc2ccccc2SC[C@H](C)C#N)C1. The lowest BCUT2D eigenvalue weighted by molar-refractivity contribution is 0.104. The Morgan fingerprint density at radius 3 is 3.08 bits per heavy atom. The molecule has 1 aliphatic rings. The van der Waals surface area contributed by atoms with Crippen molar-refractivity contribution in [3.8, 4) is 6.07 Å². The lowest BCUT2D eigenvalue weighted by Crippen LogP contribution is -2.43. The first kappa shape index (κ1) is 18.6. The van der Waals surface area contributed by atoms with Gasteiger partial charge in [0.15, 0.2) is 0 Å². The standard InChI is InChI=1S/C18H25N3O2S/c1-14(10-19)13-24-17-8-4-3-7-16(17)20-18(22)21-9-5-6-15(11-21)12-23-2/h3-4,7-8,14-15H,5-6,9,11-13H2,1-2H3,(H,20,22)/t14-,15-/m1/s1. The van der Waals surface area contributed by atoms with Gasteiger partial charge in [-0.2, -0.15) is 5.26 Å². The Balaban J connectivity index is 1.97. The quantitative estimate of drug-likeness (QED) is 0.794. The van der Waals surface area contributed by atoms with E-state index in [1.807, 2.05) is 36.1 Å². The number of anilines is 1. The summed E-state index contributed by atoms with van der Waals surface area (Å²) in [5.41, 5.74) is 0.812. The lowest BCUT2D eigenvalue weighted by Gasteiger charge is -2.32. The summed E-state index contributed by atoms with van der Waals surface area (Å²) >= 11 is 1.60. The average Bonchev–Trinajstić information content (AvgIpc) is 2.61. The van der Waals surface area contributed by atoms with Crippen molar-refractivity contribution >= 4 is 23.5 Å². The van der Waals surface area contributed by atoms with Crippen LogP contribution in [0.15, 0.2) is 29.2 Å². The number of benzene rings is 1. The van der Waals surface area contributed by atoms with Gasteiger partial charge in [0.05, 0.1) is 24.3 Å². The summed E-state index contributed by atoms with van der Waals surface area (Å²) in [6.45, 7) is 4.12. The third-order valence-electron chi connectivity index (χ3n) is 4.05. The second kappa shape index (κ2) is 9.55. The number of piperidine rings is 1. The lowest BCUT2D eigenvalue weighted by atomic mass is 9.99. The van der Waals surface area contributed by atoms with Crippen LogP contribution in [0.3, 0.4) is 0 Å². The van der Waals surface area contributed by atoms with Crippen LogP contribution in [-0.2, 0) is 4.74 Å². The van der Waals surface area contributed by atoms with Crippen LogP contribution in [0.2, 0.25) is 0 Å². The highest BCUT2D eigenvalue weighted by molar-refractivity contribution is 7.99. The predicted molar refractivity (Wildman–Crippen MR) is 97.1 cm³/mol. The Morgan fingerprint density at radius 1 is 1.54 bits per heavy atom. The van der Waals surface area contributed by atoms with Crippen LogP contribution < -0.4 is 5.32 Å². The highest BCUT2D eigenvalue weighted by Gasteiger charge is 2.24. The van der Waals surface area contributed by atoms with Crippen molar-refractivity contribution in [3.63, 3.8) is 0 Å². The fraction of sp³-hybridized carbons (Fsp3) is 0.556. The minimum Gasteiger partial charge on any atom is -0.384 e. The van der Waals surface area contributed by atoms with Crippen LogP contribution in [0.5, 0.6) is 0 Å². The van der Waals surface area contributed by atoms with Gasteiger partial charge >= 0.3 is 6.03 Å². The van der Waals surface area contributed by atoms with Crippen molar-refractivity contribution in [1.29, 1.82) is 5.26 Å². The molecule has 2 rings (SSSR count). The molecule has 5 nitrogen and oxygen atoms in total. The number of rotatable bonds is 6. The molecule has 2 atom stereocenters. The number of nitrogens with one attached hydrogen (secondary N) is 1. The summed E-state index contributed by atoms with van der Waals surface area (Å²) in [5.74, 6) is 1.11. The summed E-state index contributed by atoms with van der Waals surface area (Å²) in [4.78, 5) is 15.4. The maximum absolute atomic E-state index is 12.6. The van der Waals surface area contributed by atoms with Gasteiger partial charge in [-0.15, -0.1) is 11.8 Å². The van der Waals surface area contributed by atoms with E-state index in [9.17, 15) is 4.79 Å². The summed E-state index contributed by atoms with van der Waals surface area (Å²) in [5, 5.41) is 11.9. The molecule has 0 radical (unpaired) electrons. The second-order valence-electron chi connectivity index (χ2n) is 6.18. The van der Waals surface area contributed by atoms with Gasteiger partial charge in [0.25, 0.3) is 0 Å². The van der Waals surface area contributed by atoms with Crippen LogP contribution in [0.25, 0.3) is 0 Å². The maximum atomic E-state index is 12.6. The van der Waals surface area contributed by atoms with E-state index in [4.69, 9.17) is 10.00 Å². The van der Waals surface area contributed by atoms with Crippen molar-refractivity contribution in [1.82, 2.24) is 4.90 Å². The molecule has 1 N–H and O–H groups in total. The summed E-state index contributed by atoms with van der Waals surface area (Å²) < 4.78 is 5.22. The zero-order valence-corrected chi connectivity index (χ0v) is 15.1. The predicted octanol–water partition coefficient (Wildman–Crippen LogP) is 3.83. The number of para-hydroxylation sites is 1. The van der Waals surface area contributed by atoms with Gasteiger partial charge in [0.1, 0.15) is 0 Å². The van der Waals surface area contributed by atoms with Crippen LogP contribution in [0, 0.1) is 23.2 Å². The van der Waals surface area contributed by atoms with Crippen molar-refractivity contribution in [2.24, 2.45) is 11.8 Å². The van der Waals surface area contributed by atoms with E-state index in [1.54, 1.807) is 18.9 Å². The number of likely N-dealkylation sites (tertiary alicyclic amines) is 1. The molecule has 1 fully saturated rings. The molecular weight excluding hydrogens is 322 g/mol. The van der Waals surface area contributed by atoms with E-state index in [1.165, 1.54) is 0 Å². The maximum Gasteiger partial charge on any atom is 0.321 e. The number of urea groups is 1. The van der Waals surface area contributed by atoms with Crippen molar-refractivity contribution < 1.29 is 9.53 Å². The van der Waals surface area contributed by atoms with Crippen molar-refractivity contribution in [2.75, 3.05) is 37.9 Å². The van der Waals surface area contributed by atoms with Gasteiger partial charge in [0.2, 0.25) is 0 Å². The van der Waals surface area contributed by atoms with Crippen LogP contribution in [0.1, 0.15) is 19.8 Å². The van der Waals surface area contributed by atoms with Crippen LogP contribution in [-0.4, -0.2) is 43.5 Å². The first-order valence-electron chi connectivity index (χ1n) is 8.30. The molecular formula is C18H25N3O2S. The molecule has 0 saturated carbocycles. The van der Waals surface area contributed by atoms with Gasteiger partial charge in [-0.05, 0) is 31.9 Å². The minimum absolute atomic E-state index is 0.0179. The number of nitriles is 1. The van der Waals surface area contributed by atoms with Gasteiger partial charge < -0.3 is 15.0 Å². The molecule has 1 aromatic carbocycles. The van der Waals surface area contributed by atoms with Crippen LogP contribution in [0.4, 0.5) is 10.5 Å². The number of nitrogens with zero attached hydrogens (tertiary/aromatic N) is 2. The Morgan fingerprint density at radius 2 is 2.33 bits per heavy atom. The van der Waals surface area contributed by atoms with E-state index in [2.05, 4.69) is 11.4 Å². The zero-order chi connectivity index (χ0) is 17.4. The molecule has 6 heteroatoms. The number of thioether (sulfide) groups is 1. The van der Waals surface area contributed by atoms with E-state index in [-0.39, 0.29) is 11.9 Å². The number of ether oxygens (including phenoxy) is 1. The van der Waals surface area contributed by atoms with Crippen LogP contribution >= 0.6 is 11.8 Å². The molecule has 130 valence electrons. The summed E-state index contributed by atoms with van der Waals surface area (Å²) in [6, 6.07) is 9.93. The molecule has 0 spiro atoms. The third kappa shape index (κ3) is 5.43. The molecule has 0 aliphatic carbocycles. The minimum atomic E-state index is -0.0582. The van der Waals surface area contributed by atoms with E-state index >= 15 is 0 Å². The van der Waals surface area contributed by atoms with Gasteiger partial charge in [-0.3, -0.25) is 0 Å². The normalized spacial score (nSPS) is 18.7. The molecule has 1 heterocycles. The Bertz CT molecular complexity index is 586. The molecule has 1 aliphatic heterocycles. The smallest absolute Gasteiger partial charge is 0.321 e. The first-order valence-corrected chi connectivity index (χ1v) is 9.29. The Labute approximate surface area is 148 Å². The molecule has 1 saturated heterocycles. The molecule has 2 amide bonds. The van der Waals surface area contributed by atoms with E-state index in [0.717, 1.165) is 36.5 Å². The number of hydrogen-bond acceptors (Lipinski definition) is 4. The second-order valence-corrected chi connectivity index (χ2v) is 7.24. The fourth-order valence-electron chi connectivity index (χ4n) is 2.76. The highest BCUT2D eigenvalue weighted by atomic mass is 32.2. The number of methoxy groups -OCH3 is 1. The number of hydrogen-bond donors (Lipinski definition) is 1. The number of carbonyl (C=O) groups is 1. The third-order valence-corrected chi connectivity index (χ3v) is 5.38. The fourth-order valence-corrected chi connectivity index (χ4v) is 3.72. The number of amides is 2. The molecule has 24 heavy (non-hydrogen) atoms. The largest absolute Gasteiger partial charge is 0.384 e.